The molecule has 0 aliphatic heterocycles. The van der Waals surface area contributed by atoms with Gasteiger partial charge in [-0.25, -0.2) is 0 Å². The van der Waals surface area contributed by atoms with Gasteiger partial charge in [0.15, 0.2) is 0 Å². The maximum absolute atomic E-state index is 4.32. The lowest BCUT2D eigenvalue weighted by atomic mass is 10.2. The quantitative estimate of drug-likeness (QED) is 0.758. The summed E-state index contributed by atoms with van der Waals surface area (Å²) in [6.45, 7) is 1.75. The molecule has 5 heteroatoms. The zero-order valence-corrected chi connectivity index (χ0v) is 9.30. The number of aromatic nitrogens is 4. The molecule has 0 atom stereocenters. The second-order valence-corrected chi connectivity index (χ2v) is 3.53. The van der Waals surface area contributed by atoms with Gasteiger partial charge >= 0.3 is 0 Å². The minimum absolute atomic E-state index is 0.685. The Morgan fingerprint density at radius 3 is 2.81 bits per heavy atom. The number of tetrazole rings is 1. The van der Waals surface area contributed by atoms with Crippen LogP contribution in [0.25, 0.3) is 11.4 Å². The molecule has 0 unspecified atom stereocenters. The summed E-state index contributed by atoms with van der Waals surface area (Å²) in [4.78, 5) is 1.64. The summed E-state index contributed by atoms with van der Waals surface area (Å²) < 4.78 is 0. The summed E-state index contributed by atoms with van der Waals surface area (Å²) in [5, 5.41) is 15.4. The smallest absolute Gasteiger partial charge is 0.204 e. The summed E-state index contributed by atoms with van der Waals surface area (Å²) in [5.74, 6) is 0.685. The average molecular weight is 217 g/mol. The highest BCUT2D eigenvalue weighted by atomic mass is 15.6. The second-order valence-electron chi connectivity index (χ2n) is 3.53. The number of hydrogen-bond acceptors (Lipinski definition) is 4. The predicted octanol–water partition coefficient (Wildman–Crippen LogP) is 0.950. The fourth-order valence-electron chi connectivity index (χ4n) is 1.44. The van der Waals surface area contributed by atoms with E-state index in [2.05, 4.69) is 20.7 Å². The lowest BCUT2D eigenvalue weighted by Gasteiger charge is -1.97. The normalized spacial score (nSPS) is 10.6. The third-order valence-corrected chi connectivity index (χ3v) is 2.27. The first-order valence-corrected chi connectivity index (χ1v) is 5.38. The van der Waals surface area contributed by atoms with E-state index in [0.717, 1.165) is 25.1 Å². The van der Waals surface area contributed by atoms with Gasteiger partial charge in [0.2, 0.25) is 5.82 Å². The van der Waals surface area contributed by atoms with Crippen LogP contribution in [-0.2, 0) is 6.54 Å². The average Bonchev–Trinajstić information content (AvgIpc) is 2.79. The maximum Gasteiger partial charge on any atom is 0.204 e. The van der Waals surface area contributed by atoms with E-state index in [-0.39, 0.29) is 0 Å². The van der Waals surface area contributed by atoms with Crippen LogP contribution in [0.5, 0.6) is 0 Å². The molecule has 0 spiro atoms. The molecule has 0 saturated carbocycles. The van der Waals surface area contributed by atoms with E-state index in [0.29, 0.717) is 5.82 Å². The van der Waals surface area contributed by atoms with E-state index in [1.54, 1.807) is 4.80 Å². The van der Waals surface area contributed by atoms with E-state index in [4.69, 9.17) is 0 Å². The molecule has 1 aromatic carbocycles. The number of aryl methyl sites for hydroxylation is 1. The van der Waals surface area contributed by atoms with E-state index in [1.807, 2.05) is 37.4 Å². The van der Waals surface area contributed by atoms with Crippen molar-refractivity contribution in [3.63, 3.8) is 0 Å². The summed E-state index contributed by atoms with van der Waals surface area (Å²) in [5.41, 5.74) is 1.00. The fourth-order valence-corrected chi connectivity index (χ4v) is 1.44. The lowest BCUT2D eigenvalue weighted by molar-refractivity contribution is 0.493. The zero-order chi connectivity index (χ0) is 11.2. The van der Waals surface area contributed by atoms with Gasteiger partial charge in [-0.2, -0.15) is 4.80 Å². The Morgan fingerprint density at radius 1 is 1.25 bits per heavy atom. The highest BCUT2D eigenvalue weighted by Crippen LogP contribution is 2.11. The molecule has 1 N–H and O–H groups in total. The van der Waals surface area contributed by atoms with E-state index >= 15 is 0 Å². The number of nitrogens with zero attached hydrogens (tertiary/aromatic N) is 4. The van der Waals surface area contributed by atoms with Crippen molar-refractivity contribution in [2.24, 2.45) is 0 Å². The van der Waals surface area contributed by atoms with Gasteiger partial charge in [-0.05, 0) is 25.2 Å². The van der Waals surface area contributed by atoms with Crippen LogP contribution in [0.1, 0.15) is 6.42 Å². The van der Waals surface area contributed by atoms with E-state index in [9.17, 15) is 0 Å². The summed E-state index contributed by atoms with van der Waals surface area (Å²) in [6, 6.07) is 9.87. The van der Waals surface area contributed by atoms with Crippen LogP contribution in [0.15, 0.2) is 30.3 Å². The molecular formula is C11H15N5. The Kier molecular flexibility index (Phi) is 3.61. The van der Waals surface area contributed by atoms with Crippen molar-refractivity contribution < 1.29 is 0 Å². The van der Waals surface area contributed by atoms with Crippen molar-refractivity contribution in [2.45, 2.75) is 13.0 Å². The Balaban J connectivity index is 2.02. The minimum atomic E-state index is 0.685. The van der Waals surface area contributed by atoms with Crippen LogP contribution in [0.3, 0.4) is 0 Å². The van der Waals surface area contributed by atoms with Gasteiger partial charge < -0.3 is 5.32 Å². The largest absolute Gasteiger partial charge is 0.320 e. The van der Waals surface area contributed by atoms with Gasteiger partial charge in [-0.15, -0.1) is 10.2 Å². The van der Waals surface area contributed by atoms with Crippen molar-refractivity contribution in [2.75, 3.05) is 13.6 Å². The molecule has 0 amide bonds. The van der Waals surface area contributed by atoms with Gasteiger partial charge in [0, 0.05) is 5.56 Å². The number of benzene rings is 1. The molecule has 1 heterocycles. The highest BCUT2D eigenvalue weighted by Gasteiger charge is 2.04. The first kappa shape index (κ1) is 10.8. The minimum Gasteiger partial charge on any atom is -0.320 e. The molecule has 16 heavy (non-hydrogen) atoms. The predicted molar refractivity (Wildman–Crippen MR) is 61.8 cm³/mol. The molecule has 0 radical (unpaired) electrons. The van der Waals surface area contributed by atoms with Crippen LogP contribution in [0, 0.1) is 0 Å². The molecule has 2 rings (SSSR count). The van der Waals surface area contributed by atoms with Gasteiger partial charge in [0.1, 0.15) is 0 Å². The number of rotatable bonds is 5. The van der Waals surface area contributed by atoms with Gasteiger partial charge in [-0.1, -0.05) is 30.3 Å². The molecule has 0 bridgehead atoms. The van der Waals surface area contributed by atoms with Crippen LogP contribution >= 0.6 is 0 Å². The number of hydrogen-bond donors (Lipinski definition) is 1. The topological polar surface area (TPSA) is 55.6 Å². The van der Waals surface area contributed by atoms with Crippen LogP contribution in [0.4, 0.5) is 0 Å². The first-order valence-electron chi connectivity index (χ1n) is 5.38. The maximum atomic E-state index is 4.32. The Bertz CT molecular complexity index is 423. The highest BCUT2D eigenvalue weighted by molar-refractivity contribution is 5.52. The van der Waals surface area contributed by atoms with E-state index in [1.165, 1.54) is 0 Å². The van der Waals surface area contributed by atoms with Gasteiger partial charge in [-0.3, -0.25) is 0 Å². The third-order valence-electron chi connectivity index (χ3n) is 2.27. The Hall–Kier alpha value is -1.75. The SMILES string of the molecule is CNCCCn1nnc(-c2ccccc2)n1. The first-order chi connectivity index (χ1) is 7.90. The van der Waals surface area contributed by atoms with Crippen LogP contribution < -0.4 is 5.32 Å². The third kappa shape index (κ3) is 2.64. The van der Waals surface area contributed by atoms with Crippen molar-refractivity contribution in [1.29, 1.82) is 0 Å². The molecule has 0 aliphatic rings. The van der Waals surface area contributed by atoms with Crippen molar-refractivity contribution >= 4 is 0 Å². The zero-order valence-electron chi connectivity index (χ0n) is 9.30. The molecule has 84 valence electrons. The molecular weight excluding hydrogens is 202 g/mol. The fraction of sp³-hybridized carbons (Fsp3) is 0.364. The Morgan fingerprint density at radius 2 is 2.06 bits per heavy atom. The summed E-state index contributed by atoms with van der Waals surface area (Å²) in [6.07, 6.45) is 1.00. The second kappa shape index (κ2) is 5.37. The van der Waals surface area contributed by atoms with Crippen molar-refractivity contribution in [3.8, 4) is 11.4 Å². The molecule has 2 aromatic rings. The van der Waals surface area contributed by atoms with E-state index < -0.39 is 0 Å². The van der Waals surface area contributed by atoms with Crippen molar-refractivity contribution in [1.82, 2.24) is 25.5 Å². The van der Waals surface area contributed by atoms with Crippen molar-refractivity contribution in [3.05, 3.63) is 30.3 Å². The van der Waals surface area contributed by atoms with Crippen LogP contribution in [-0.4, -0.2) is 33.8 Å². The lowest BCUT2D eigenvalue weighted by Crippen LogP contribution is -2.12. The molecule has 0 saturated heterocycles. The number of nitrogens with one attached hydrogen (secondary N) is 1. The standard InChI is InChI=1S/C11H15N5/c1-12-8-5-9-16-14-11(13-15-16)10-6-3-2-4-7-10/h2-4,6-7,12H,5,8-9H2,1H3. The monoisotopic (exact) mass is 217 g/mol. The summed E-state index contributed by atoms with van der Waals surface area (Å²) in [7, 11) is 1.93. The summed E-state index contributed by atoms with van der Waals surface area (Å²) >= 11 is 0. The van der Waals surface area contributed by atoms with Gasteiger partial charge in [0.25, 0.3) is 0 Å². The van der Waals surface area contributed by atoms with Gasteiger partial charge in [0.05, 0.1) is 6.54 Å². The molecule has 5 nitrogen and oxygen atoms in total. The van der Waals surface area contributed by atoms with Crippen LogP contribution in [0.2, 0.25) is 0 Å². The molecule has 0 fully saturated rings. The molecule has 0 aliphatic carbocycles. The Labute approximate surface area is 94.5 Å². The molecule has 1 aromatic heterocycles.